The molecule has 0 saturated carbocycles. The van der Waals surface area contributed by atoms with Crippen LogP contribution in [0.25, 0.3) is 11.6 Å². The summed E-state index contributed by atoms with van der Waals surface area (Å²) in [5.74, 6) is 0.296. The van der Waals surface area contributed by atoms with Crippen molar-refractivity contribution in [1.29, 1.82) is 0 Å². The molecule has 0 aromatic carbocycles. The van der Waals surface area contributed by atoms with Gasteiger partial charge < -0.3 is 19.3 Å². The first kappa shape index (κ1) is 25.8. The minimum atomic E-state index is -4.60. The minimum absolute atomic E-state index is 0. The van der Waals surface area contributed by atoms with Crippen LogP contribution in [0.5, 0.6) is 0 Å². The van der Waals surface area contributed by atoms with Crippen LogP contribution in [0.1, 0.15) is 11.4 Å². The first-order valence-corrected chi connectivity index (χ1v) is 12.4. The van der Waals surface area contributed by atoms with Crippen LogP contribution in [0.4, 0.5) is 26.3 Å². The summed E-state index contributed by atoms with van der Waals surface area (Å²) in [7, 11) is -2.62. The average molecular weight is 587 g/mol. The maximum absolute atomic E-state index is 12.9. The van der Waals surface area contributed by atoms with Crippen LogP contribution in [0.3, 0.4) is 0 Å². The van der Waals surface area contributed by atoms with Crippen molar-refractivity contribution < 1.29 is 46.8 Å². The molecule has 0 amide bonds. The summed E-state index contributed by atoms with van der Waals surface area (Å²) < 4.78 is 79.0. The molecule has 0 fully saturated rings. The fourth-order valence-corrected chi connectivity index (χ4v) is 5.07. The number of rotatable bonds is 4. The van der Waals surface area contributed by atoms with E-state index < -0.39 is 31.8 Å². The Morgan fingerprint density at radius 2 is 1.09 bits per heavy atom. The molecule has 4 aromatic heterocycles. The zero-order chi connectivity index (χ0) is 24.0. The third kappa shape index (κ3) is 5.13. The predicted octanol–water partition coefficient (Wildman–Crippen LogP) is 3.31. The van der Waals surface area contributed by atoms with E-state index in [0.29, 0.717) is 10.6 Å². The Labute approximate surface area is 204 Å². The smallest absolute Gasteiger partial charge is 0.343 e. The van der Waals surface area contributed by atoms with Gasteiger partial charge in [-0.3, -0.25) is 10.2 Å². The van der Waals surface area contributed by atoms with Crippen LogP contribution in [0.2, 0.25) is 13.1 Å². The molecule has 4 rings (SSSR count). The molecule has 0 saturated heterocycles. The molecule has 34 heavy (non-hydrogen) atoms. The molecular formula is C20H14F6N6PdSi. The normalized spacial score (nSPS) is 12.5. The molecule has 4 heterocycles. The summed E-state index contributed by atoms with van der Waals surface area (Å²) in [6, 6.07) is 11.2. The number of pyridine rings is 2. The fraction of sp³-hybridized carbons (Fsp3) is 0.200. The second-order valence-electron chi connectivity index (χ2n) is 7.52. The quantitative estimate of drug-likeness (QED) is 0.209. The second-order valence-corrected chi connectivity index (χ2v) is 11.8. The molecule has 0 aliphatic carbocycles. The van der Waals surface area contributed by atoms with Crippen molar-refractivity contribution in [3.8, 4) is 11.6 Å². The molecule has 4 aromatic rings. The van der Waals surface area contributed by atoms with E-state index >= 15 is 0 Å². The summed E-state index contributed by atoms with van der Waals surface area (Å²) in [4.78, 5) is 8.94. The van der Waals surface area contributed by atoms with Crippen LogP contribution in [0.15, 0.2) is 48.5 Å². The number of halogens is 6. The molecule has 180 valence electrons. The zero-order valence-corrected chi connectivity index (χ0v) is 19.9. The maximum atomic E-state index is 12.9. The van der Waals surface area contributed by atoms with Crippen LogP contribution >= 0.6 is 0 Å². The van der Waals surface area contributed by atoms with Gasteiger partial charge in [-0.2, -0.15) is 26.3 Å². The van der Waals surface area contributed by atoms with Gasteiger partial charge in [-0.15, -0.1) is 12.1 Å². The van der Waals surface area contributed by atoms with Crippen LogP contribution in [0, 0.1) is 12.4 Å². The van der Waals surface area contributed by atoms with Gasteiger partial charge in [0.25, 0.3) is 0 Å². The molecule has 0 aliphatic heterocycles. The molecule has 0 aliphatic rings. The van der Waals surface area contributed by atoms with Gasteiger partial charge in [-0.05, 0) is 12.1 Å². The first-order chi connectivity index (χ1) is 15.4. The molecule has 0 atom stereocenters. The summed E-state index contributed by atoms with van der Waals surface area (Å²) in [6.07, 6.45) is -4.39. The molecule has 0 unspecified atom stereocenters. The molecular weight excluding hydrogens is 573 g/mol. The van der Waals surface area contributed by atoms with Gasteiger partial charge in [0.15, 0.2) is 8.07 Å². The van der Waals surface area contributed by atoms with E-state index in [-0.39, 0.29) is 32.1 Å². The Hall–Kier alpha value is -2.82. The predicted molar refractivity (Wildman–Crippen MR) is 107 cm³/mol. The third-order valence-corrected chi connectivity index (χ3v) is 7.95. The van der Waals surface area contributed by atoms with E-state index in [2.05, 4.69) is 32.6 Å². The van der Waals surface area contributed by atoms with E-state index in [1.807, 2.05) is 13.1 Å². The molecule has 0 N–H and O–H groups in total. The second kappa shape index (κ2) is 9.09. The number of aromatic nitrogens is 6. The number of nitrogens with zero attached hydrogens (tertiary/aromatic N) is 6. The summed E-state index contributed by atoms with van der Waals surface area (Å²) in [5.41, 5.74) is -2.18. The van der Waals surface area contributed by atoms with Crippen LogP contribution < -0.4 is 10.6 Å². The van der Waals surface area contributed by atoms with Gasteiger partial charge in [0.05, 0.1) is 23.0 Å². The van der Waals surface area contributed by atoms with E-state index in [4.69, 9.17) is 0 Å². The Bertz CT molecular complexity index is 1200. The number of hydrogen-bond donors (Lipinski definition) is 0. The average Bonchev–Trinajstić information content (AvgIpc) is 3.44. The number of hydrogen-bond acceptors (Lipinski definition) is 4. The molecule has 0 radical (unpaired) electrons. The van der Waals surface area contributed by atoms with Gasteiger partial charge in [0, 0.05) is 10.6 Å². The zero-order valence-electron chi connectivity index (χ0n) is 17.4. The monoisotopic (exact) mass is 586 g/mol. The van der Waals surface area contributed by atoms with E-state index in [1.54, 1.807) is 24.3 Å². The summed E-state index contributed by atoms with van der Waals surface area (Å²) >= 11 is 0. The topological polar surface area (TPSA) is 61.4 Å². The van der Waals surface area contributed by atoms with Crippen molar-refractivity contribution in [1.82, 2.24) is 29.5 Å². The van der Waals surface area contributed by atoms with Crippen molar-refractivity contribution in [2.75, 3.05) is 0 Å². The first-order valence-electron chi connectivity index (χ1n) is 9.41. The fourth-order valence-electron chi connectivity index (χ4n) is 3.00. The Kier molecular flexibility index (Phi) is 6.89. The van der Waals surface area contributed by atoms with Crippen molar-refractivity contribution in [3.63, 3.8) is 0 Å². The van der Waals surface area contributed by atoms with Gasteiger partial charge in [0.2, 0.25) is 0 Å². The maximum Gasteiger partial charge on any atom is 2.00 e. The molecule has 6 nitrogen and oxygen atoms in total. The van der Waals surface area contributed by atoms with E-state index in [1.165, 1.54) is 12.1 Å². The van der Waals surface area contributed by atoms with Gasteiger partial charge in [0.1, 0.15) is 0 Å². The van der Waals surface area contributed by atoms with Crippen molar-refractivity contribution in [2.24, 2.45) is 0 Å². The van der Waals surface area contributed by atoms with Gasteiger partial charge in [-0.25, -0.2) is 0 Å². The van der Waals surface area contributed by atoms with Crippen LogP contribution in [-0.4, -0.2) is 37.6 Å². The Morgan fingerprint density at radius 3 is 1.41 bits per heavy atom. The Balaban J connectivity index is 0.00000324. The third-order valence-electron chi connectivity index (χ3n) is 4.83. The SMILES string of the molecule is C[Si](C)(c1cccc(-n2[c-]cc(C(F)(F)F)n2)n1)c1cccc(-n2[c-]cc(C(F)(F)F)n2)n1.[Pd+2]. The molecule has 0 spiro atoms. The summed E-state index contributed by atoms with van der Waals surface area (Å²) in [5, 5.41) is 8.15. The van der Waals surface area contributed by atoms with E-state index in [9.17, 15) is 26.3 Å². The van der Waals surface area contributed by atoms with Crippen LogP contribution in [-0.2, 0) is 32.8 Å². The van der Waals surface area contributed by atoms with E-state index in [0.717, 1.165) is 21.5 Å². The standard InChI is InChI=1S/C20H14F6N6Si.Pd/c1-33(2,17-7-3-5-15(27-17)31-11-9-13(29-31)19(21,22)23)18-8-4-6-16(28-18)32-12-10-14(30-32)20(24,25)26;/h3-10H,1-2H3;/q-2;+2. The van der Waals surface area contributed by atoms with Crippen molar-refractivity contribution in [2.45, 2.75) is 25.4 Å². The molecule has 14 heteroatoms. The largest absolute Gasteiger partial charge is 2.00 e. The van der Waals surface area contributed by atoms with Gasteiger partial charge in [-0.1, -0.05) is 49.8 Å². The minimum Gasteiger partial charge on any atom is -0.343 e. The van der Waals surface area contributed by atoms with Crippen molar-refractivity contribution >= 4 is 18.7 Å². The summed E-state index contributed by atoms with van der Waals surface area (Å²) in [6.45, 7) is 3.82. The number of alkyl halides is 6. The Morgan fingerprint density at radius 1 is 0.706 bits per heavy atom. The van der Waals surface area contributed by atoms with Crippen molar-refractivity contribution in [3.05, 3.63) is 72.3 Å². The molecule has 0 bridgehead atoms. The van der Waals surface area contributed by atoms with Gasteiger partial charge >= 0.3 is 32.8 Å².